The lowest BCUT2D eigenvalue weighted by molar-refractivity contribution is -0.117. The maximum absolute atomic E-state index is 11.8. The van der Waals surface area contributed by atoms with Crippen molar-refractivity contribution in [1.29, 1.82) is 0 Å². The van der Waals surface area contributed by atoms with Crippen LogP contribution in [0.15, 0.2) is 0 Å². The third kappa shape index (κ3) is 2.27. The first-order valence-corrected chi connectivity index (χ1v) is 6.58. The van der Waals surface area contributed by atoms with Crippen LogP contribution in [0.25, 0.3) is 0 Å². The summed E-state index contributed by atoms with van der Waals surface area (Å²) in [5.74, 6) is 0.835. The number of aromatic amines is 1. The SMILES string of the molecule is CCNC(=O)N1Cc2n[nH]c(NC(=O)C3CC3)c2C1. The summed E-state index contributed by atoms with van der Waals surface area (Å²) in [6.45, 7) is 3.45. The Bertz CT molecular complexity index is 520. The monoisotopic (exact) mass is 263 g/mol. The molecular weight excluding hydrogens is 246 g/mol. The van der Waals surface area contributed by atoms with E-state index in [9.17, 15) is 9.59 Å². The number of anilines is 1. The van der Waals surface area contributed by atoms with Gasteiger partial charge in [0, 0.05) is 18.0 Å². The number of nitrogens with zero attached hydrogens (tertiary/aromatic N) is 2. The predicted molar refractivity (Wildman–Crippen MR) is 68.3 cm³/mol. The maximum atomic E-state index is 11.8. The fraction of sp³-hybridized carbons (Fsp3) is 0.583. The molecule has 0 saturated heterocycles. The summed E-state index contributed by atoms with van der Waals surface area (Å²) in [6.07, 6.45) is 1.93. The van der Waals surface area contributed by atoms with Crippen LogP contribution in [0.5, 0.6) is 0 Å². The molecule has 3 N–H and O–H groups in total. The molecule has 7 nitrogen and oxygen atoms in total. The lowest BCUT2D eigenvalue weighted by Crippen LogP contribution is -2.36. The minimum atomic E-state index is -0.0973. The van der Waals surface area contributed by atoms with Crippen molar-refractivity contribution in [3.05, 3.63) is 11.3 Å². The van der Waals surface area contributed by atoms with Crippen LogP contribution in [0, 0.1) is 5.92 Å². The standard InChI is InChI=1S/C12H17N5O2/c1-2-13-12(19)17-5-8-9(6-17)15-16-10(8)14-11(18)7-3-4-7/h7H,2-6H2,1H3,(H,13,19)(H2,14,15,16,18). The van der Waals surface area contributed by atoms with Gasteiger partial charge in [-0.05, 0) is 19.8 Å². The van der Waals surface area contributed by atoms with Gasteiger partial charge < -0.3 is 15.5 Å². The molecule has 0 radical (unpaired) electrons. The highest BCUT2D eigenvalue weighted by molar-refractivity contribution is 5.94. The number of amides is 3. The van der Waals surface area contributed by atoms with Gasteiger partial charge in [-0.25, -0.2) is 4.79 Å². The van der Waals surface area contributed by atoms with Gasteiger partial charge in [0.2, 0.25) is 5.91 Å². The molecule has 1 saturated carbocycles. The number of hydrogen-bond donors (Lipinski definition) is 3. The molecule has 2 aliphatic rings. The van der Waals surface area contributed by atoms with E-state index >= 15 is 0 Å². The van der Waals surface area contributed by atoms with Crippen LogP contribution < -0.4 is 10.6 Å². The largest absolute Gasteiger partial charge is 0.338 e. The Morgan fingerprint density at radius 1 is 1.42 bits per heavy atom. The molecule has 2 heterocycles. The van der Waals surface area contributed by atoms with Crippen molar-refractivity contribution >= 4 is 17.8 Å². The molecule has 3 rings (SSSR count). The van der Waals surface area contributed by atoms with Crippen LogP contribution in [-0.4, -0.2) is 33.6 Å². The zero-order valence-electron chi connectivity index (χ0n) is 10.8. The topological polar surface area (TPSA) is 90.1 Å². The van der Waals surface area contributed by atoms with Gasteiger partial charge >= 0.3 is 6.03 Å². The molecule has 102 valence electrons. The smallest absolute Gasteiger partial charge is 0.318 e. The average Bonchev–Trinajstić information content (AvgIpc) is 3.05. The Kier molecular flexibility index (Phi) is 2.88. The Balaban J connectivity index is 1.68. The third-order valence-corrected chi connectivity index (χ3v) is 3.45. The zero-order valence-corrected chi connectivity index (χ0v) is 10.8. The van der Waals surface area contributed by atoms with E-state index in [0.29, 0.717) is 25.5 Å². The fourth-order valence-electron chi connectivity index (χ4n) is 2.21. The molecule has 1 aromatic rings. The van der Waals surface area contributed by atoms with Crippen molar-refractivity contribution < 1.29 is 9.59 Å². The molecule has 7 heteroatoms. The van der Waals surface area contributed by atoms with Crippen LogP contribution in [0.3, 0.4) is 0 Å². The van der Waals surface area contributed by atoms with Gasteiger partial charge in [0.1, 0.15) is 5.82 Å². The first-order valence-electron chi connectivity index (χ1n) is 6.58. The Morgan fingerprint density at radius 2 is 2.21 bits per heavy atom. The summed E-state index contributed by atoms with van der Waals surface area (Å²) in [5, 5.41) is 12.6. The number of aromatic nitrogens is 2. The third-order valence-electron chi connectivity index (χ3n) is 3.45. The number of urea groups is 1. The lowest BCUT2D eigenvalue weighted by Gasteiger charge is -2.15. The second-order valence-corrected chi connectivity index (χ2v) is 4.98. The first kappa shape index (κ1) is 12.0. The van der Waals surface area contributed by atoms with Gasteiger partial charge in [-0.2, -0.15) is 5.10 Å². The maximum Gasteiger partial charge on any atom is 0.318 e. The first-order chi connectivity index (χ1) is 9.19. The Hall–Kier alpha value is -2.05. The van der Waals surface area contributed by atoms with Crippen LogP contribution in [-0.2, 0) is 17.9 Å². The van der Waals surface area contributed by atoms with Gasteiger partial charge in [-0.3, -0.25) is 9.89 Å². The fourth-order valence-corrected chi connectivity index (χ4v) is 2.21. The van der Waals surface area contributed by atoms with Crippen LogP contribution in [0.2, 0.25) is 0 Å². The molecule has 0 spiro atoms. The minimum Gasteiger partial charge on any atom is -0.338 e. The van der Waals surface area contributed by atoms with Gasteiger partial charge in [0.25, 0.3) is 0 Å². The van der Waals surface area contributed by atoms with Crippen molar-refractivity contribution in [3.8, 4) is 0 Å². The molecule has 0 aromatic carbocycles. The highest BCUT2D eigenvalue weighted by atomic mass is 16.2. The van der Waals surface area contributed by atoms with E-state index in [1.807, 2.05) is 6.92 Å². The van der Waals surface area contributed by atoms with Crippen molar-refractivity contribution in [1.82, 2.24) is 20.4 Å². The zero-order chi connectivity index (χ0) is 13.4. The van der Waals surface area contributed by atoms with E-state index in [1.54, 1.807) is 4.90 Å². The number of rotatable bonds is 3. The molecule has 1 aliphatic heterocycles. The van der Waals surface area contributed by atoms with Crippen molar-refractivity contribution in [2.45, 2.75) is 32.9 Å². The van der Waals surface area contributed by atoms with Crippen molar-refractivity contribution in [2.75, 3.05) is 11.9 Å². The van der Waals surface area contributed by atoms with Crippen LogP contribution in [0.4, 0.5) is 10.6 Å². The minimum absolute atomic E-state index is 0.0444. The number of fused-ring (bicyclic) bond motifs is 1. The molecule has 0 atom stereocenters. The average molecular weight is 263 g/mol. The number of carbonyl (C=O) groups is 2. The quantitative estimate of drug-likeness (QED) is 0.753. The second-order valence-electron chi connectivity index (χ2n) is 4.98. The van der Waals surface area contributed by atoms with E-state index in [0.717, 1.165) is 24.1 Å². The van der Waals surface area contributed by atoms with Gasteiger partial charge in [-0.15, -0.1) is 0 Å². The number of H-pyrrole nitrogens is 1. The van der Waals surface area contributed by atoms with E-state index in [1.165, 1.54) is 0 Å². The van der Waals surface area contributed by atoms with E-state index in [2.05, 4.69) is 20.8 Å². The summed E-state index contributed by atoms with van der Waals surface area (Å²) < 4.78 is 0. The van der Waals surface area contributed by atoms with Gasteiger partial charge in [0.05, 0.1) is 18.8 Å². The highest BCUT2D eigenvalue weighted by Gasteiger charge is 2.33. The molecule has 0 bridgehead atoms. The van der Waals surface area contributed by atoms with Crippen molar-refractivity contribution in [3.63, 3.8) is 0 Å². The lowest BCUT2D eigenvalue weighted by atomic mass is 10.2. The van der Waals surface area contributed by atoms with E-state index < -0.39 is 0 Å². The molecule has 1 aliphatic carbocycles. The van der Waals surface area contributed by atoms with Crippen molar-refractivity contribution in [2.24, 2.45) is 5.92 Å². The molecular formula is C12H17N5O2. The number of nitrogens with one attached hydrogen (secondary N) is 3. The molecule has 1 fully saturated rings. The van der Waals surface area contributed by atoms with Gasteiger partial charge in [0.15, 0.2) is 0 Å². The predicted octanol–water partition coefficient (Wildman–Crippen LogP) is 0.803. The number of carbonyl (C=O) groups excluding carboxylic acids is 2. The van der Waals surface area contributed by atoms with E-state index in [4.69, 9.17) is 0 Å². The number of hydrogen-bond acceptors (Lipinski definition) is 3. The molecule has 19 heavy (non-hydrogen) atoms. The molecule has 3 amide bonds. The summed E-state index contributed by atoms with van der Waals surface area (Å²) >= 11 is 0. The second kappa shape index (κ2) is 4.56. The van der Waals surface area contributed by atoms with Gasteiger partial charge in [-0.1, -0.05) is 0 Å². The summed E-state index contributed by atoms with van der Waals surface area (Å²) in [6, 6.07) is -0.0973. The van der Waals surface area contributed by atoms with E-state index in [-0.39, 0.29) is 17.9 Å². The summed E-state index contributed by atoms with van der Waals surface area (Å²) in [7, 11) is 0. The summed E-state index contributed by atoms with van der Waals surface area (Å²) in [5.41, 5.74) is 1.75. The Labute approximate surface area is 110 Å². The molecule has 0 unspecified atom stereocenters. The molecule has 1 aromatic heterocycles. The normalized spacial score (nSPS) is 17.2. The van der Waals surface area contributed by atoms with Crippen LogP contribution >= 0.6 is 0 Å². The van der Waals surface area contributed by atoms with Crippen LogP contribution in [0.1, 0.15) is 31.0 Å². The summed E-state index contributed by atoms with van der Waals surface area (Å²) in [4.78, 5) is 25.2. The Morgan fingerprint density at radius 3 is 2.89 bits per heavy atom. The highest BCUT2D eigenvalue weighted by Crippen LogP contribution is 2.32.